The molecule has 9 heteroatoms. The van der Waals surface area contributed by atoms with Crippen molar-refractivity contribution in [2.45, 2.75) is 19.5 Å². The molecule has 1 N–H and O–H groups in total. The number of benzene rings is 2. The summed E-state index contributed by atoms with van der Waals surface area (Å²) in [4.78, 5) is 12.7. The molecular formula is C19H23ClN2O5S. The van der Waals surface area contributed by atoms with Crippen molar-refractivity contribution < 1.29 is 22.7 Å². The number of hydrogen-bond donors (Lipinski definition) is 1. The number of rotatable bonds is 8. The number of carbonyl (C=O) groups excluding carboxylic acids is 1. The highest BCUT2D eigenvalue weighted by atomic mass is 35.5. The van der Waals surface area contributed by atoms with Crippen LogP contribution in [0.1, 0.15) is 12.5 Å². The molecule has 2 aromatic carbocycles. The van der Waals surface area contributed by atoms with Crippen molar-refractivity contribution in [1.29, 1.82) is 0 Å². The van der Waals surface area contributed by atoms with Crippen LogP contribution < -0.4 is 19.1 Å². The van der Waals surface area contributed by atoms with Gasteiger partial charge in [-0.2, -0.15) is 0 Å². The van der Waals surface area contributed by atoms with E-state index in [1.807, 2.05) is 6.07 Å². The standard InChI is InChI=1S/C19H23ClN2O5S/c1-13(19(23)21-12-14-7-5-6-8-16(14)20)22(28(4,24)25)15-9-10-17(26-2)18(11-15)27-3/h5-11,13H,12H2,1-4H3,(H,21,23). The molecule has 0 fully saturated rings. The Labute approximate surface area is 170 Å². The molecule has 0 aromatic heterocycles. The molecule has 1 atom stereocenters. The first kappa shape index (κ1) is 21.8. The van der Waals surface area contributed by atoms with E-state index in [2.05, 4.69) is 5.32 Å². The molecule has 0 saturated carbocycles. The summed E-state index contributed by atoms with van der Waals surface area (Å²) in [5.41, 5.74) is 1.03. The Kier molecular flexibility index (Phi) is 7.15. The van der Waals surface area contributed by atoms with Gasteiger partial charge >= 0.3 is 0 Å². The molecule has 1 amide bonds. The predicted octanol–water partition coefficient (Wildman–Crippen LogP) is 2.83. The fraction of sp³-hybridized carbons (Fsp3) is 0.316. The van der Waals surface area contributed by atoms with E-state index in [1.54, 1.807) is 30.3 Å². The molecule has 0 aliphatic heterocycles. The Balaban J connectivity index is 2.28. The number of anilines is 1. The highest BCUT2D eigenvalue weighted by molar-refractivity contribution is 7.92. The summed E-state index contributed by atoms with van der Waals surface area (Å²) in [5, 5.41) is 3.25. The maximum Gasteiger partial charge on any atom is 0.243 e. The number of nitrogens with one attached hydrogen (secondary N) is 1. The average molecular weight is 427 g/mol. The molecule has 28 heavy (non-hydrogen) atoms. The Morgan fingerprint density at radius 3 is 2.36 bits per heavy atom. The zero-order chi connectivity index (χ0) is 20.9. The van der Waals surface area contributed by atoms with Crippen LogP contribution in [-0.2, 0) is 21.4 Å². The fourth-order valence-electron chi connectivity index (χ4n) is 2.74. The van der Waals surface area contributed by atoms with Gasteiger partial charge in [0, 0.05) is 17.6 Å². The lowest BCUT2D eigenvalue weighted by Gasteiger charge is -2.28. The van der Waals surface area contributed by atoms with E-state index in [4.69, 9.17) is 21.1 Å². The minimum absolute atomic E-state index is 0.187. The third-order valence-electron chi connectivity index (χ3n) is 4.12. The second-order valence-electron chi connectivity index (χ2n) is 6.08. The van der Waals surface area contributed by atoms with E-state index in [-0.39, 0.29) is 6.54 Å². The number of amides is 1. The van der Waals surface area contributed by atoms with Crippen LogP contribution in [0.4, 0.5) is 5.69 Å². The van der Waals surface area contributed by atoms with Crippen molar-refractivity contribution in [3.05, 3.63) is 53.1 Å². The molecule has 0 saturated heterocycles. The number of sulfonamides is 1. The zero-order valence-corrected chi connectivity index (χ0v) is 17.7. The van der Waals surface area contributed by atoms with Crippen LogP contribution in [0.5, 0.6) is 11.5 Å². The predicted molar refractivity (Wildman–Crippen MR) is 110 cm³/mol. The normalized spacial score (nSPS) is 12.2. The minimum atomic E-state index is -3.75. The van der Waals surface area contributed by atoms with Gasteiger partial charge in [0.2, 0.25) is 15.9 Å². The largest absolute Gasteiger partial charge is 0.493 e. The van der Waals surface area contributed by atoms with E-state index in [0.29, 0.717) is 22.2 Å². The van der Waals surface area contributed by atoms with Crippen molar-refractivity contribution in [3.63, 3.8) is 0 Å². The van der Waals surface area contributed by atoms with Crippen LogP contribution in [0.25, 0.3) is 0 Å². The molecule has 0 aliphatic rings. The van der Waals surface area contributed by atoms with E-state index < -0.39 is 22.0 Å². The lowest BCUT2D eigenvalue weighted by Crippen LogP contribution is -2.47. The highest BCUT2D eigenvalue weighted by Crippen LogP contribution is 2.33. The van der Waals surface area contributed by atoms with E-state index in [0.717, 1.165) is 16.1 Å². The van der Waals surface area contributed by atoms with Crippen LogP contribution in [0, 0.1) is 0 Å². The molecule has 7 nitrogen and oxygen atoms in total. The molecule has 0 bridgehead atoms. The first-order valence-corrected chi connectivity index (χ1v) is 10.6. The van der Waals surface area contributed by atoms with Crippen molar-refractivity contribution in [2.24, 2.45) is 0 Å². The lowest BCUT2D eigenvalue weighted by molar-refractivity contribution is -0.122. The van der Waals surface area contributed by atoms with E-state index in [9.17, 15) is 13.2 Å². The molecule has 0 radical (unpaired) electrons. The van der Waals surface area contributed by atoms with Gasteiger partial charge in [-0.3, -0.25) is 9.10 Å². The molecular weight excluding hydrogens is 404 g/mol. The first-order valence-electron chi connectivity index (χ1n) is 8.41. The van der Waals surface area contributed by atoms with Gasteiger partial charge in [-0.25, -0.2) is 8.42 Å². The van der Waals surface area contributed by atoms with Crippen molar-refractivity contribution >= 4 is 33.2 Å². The van der Waals surface area contributed by atoms with Gasteiger partial charge in [-0.15, -0.1) is 0 Å². The van der Waals surface area contributed by atoms with Gasteiger partial charge in [-0.05, 0) is 30.7 Å². The first-order chi connectivity index (χ1) is 13.2. The zero-order valence-electron chi connectivity index (χ0n) is 16.1. The van der Waals surface area contributed by atoms with Crippen molar-refractivity contribution in [3.8, 4) is 11.5 Å². The van der Waals surface area contributed by atoms with E-state index in [1.165, 1.54) is 27.2 Å². The van der Waals surface area contributed by atoms with Gasteiger partial charge in [-0.1, -0.05) is 29.8 Å². The summed E-state index contributed by atoms with van der Waals surface area (Å²) in [6.07, 6.45) is 1.04. The molecule has 0 spiro atoms. The van der Waals surface area contributed by atoms with Crippen LogP contribution in [0.15, 0.2) is 42.5 Å². The maximum atomic E-state index is 12.7. The highest BCUT2D eigenvalue weighted by Gasteiger charge is 2.29. The molecule has 0 aliphatic carbocycles. The second-order valence-corrected chi connectivity index (χ2v) is 8.35. The van der Waals surface area contributed by atoms with Crippen LogP contribution >= 0.6 is 11.6 Å². The molecule has 0 heterocycles. The van der Waals surface area contributed by atoms with Crippen LogP contribution in [-0.4, -0.2) is 40.8 Å². The van der Waals surface area contributed by atoms with Crippen molar-refractivity contribution in [2.75, 3.05) is 24.8 Å². The number of nitrogens with zero attached hydrogens (tertiary/aromatic N) is 1. The summed E-state index contributed by atoms with van der Waals surface area (Å²) in [5.74, 6) is 0.355. The van der Waals surface area contributed by atoms with Crippen LogP contribution in [0.2, 0.25) is 5.02 Å². The molecule has 152 valence electrons. The topological polar surface area (TPSA) is 84.9 Å². The third-order valence-corrected chi connectivity index (χ3v) is 5.73. The molecule has 1 unspecified atom stereocenters. The Bertz CT molecular complexity index is 949. The number of ether oxygens (including phenoxy) is 2. The summed E-state index contributed by atoms with van der Waals surface area (Å²) in [7, 11) is -0.814. The summed E-state index contributed by atoms with van der Waals surface area (Å²) in [6.45, 7) is 1.70. The summed E-state index contributed by atoms with van der Waals surface area (Å²) >= 11 is 6.10. The van der Waals surface area contributed by atoms with E-state index >= 15 is 0 Å². The maximum absolute atomic E-state index is 12.7. The number of carbonyl (C=O) groups is 1. The Morgan fingerprint density at radius 1 is 1.14 bits per heavy atom. The minimum Gasteiger partial charge on any atom is -0.493 e. The monoisotopic (exact) mass is 426 g/mol. The van der Waals surface area contributed by atoms with Gasteiger partial charge in [0.15, 0.2) is 11.5 Å². The second kappa shape index (κ2) is 9.16. The number of halogens is 1. The van der Waals surface area contributed by atoms with Gasteiger partial charge in [0.05, 0.1) is 26.2 Å². The molecule has 2 aromatic rings. The smallest absolute Gasteiger partial charge is 0.243 e. The molecule has 2 rings (SSSR count). The van der Waals surface area contributed by atoms with Gasteiger partial charge in [0.1, 0.15) is 6.04 Å². The number of methoxy groups -OCH3 is 2. The third kappa shape index (κ3) is 5.08. The summed E-state index contributed by atoms with van der Waals surface area (Å²) in [6, 6.07) is 10.8. The number of hydrogen-bond acceptors (Lipinski definition) is 5. The van der Waals surface area contributed by atoms with Gasteiger partial charge in [0.25, 0.3) is 0 Å². The van der Waals surface area contributed by atoms with Crippen LogP contribution in [0.3, 0.4) is 0 Å². The Hall–Kier alpha value is -2.45. The summed E-state index contributed by atoms with van der Waals surface area (Å²) < 4.78 is 36.3. The van der Waals surface area contributed by atoms with Gasteiger partial charge < -0.3 is 14.8 Å². The lowest BCUT2D eigenvalue weighted by atomic mass is 10.2. The fourth-order valence-corrected chi connectivity index (χ4v) is 4.11. The quantitative estimate of drug-likeness (QED) is 0.701. The van der Waals surface area contributed by atoms with Crippen molar-refractivity contribution in [1.82, 2.24) is 5.32 Å². The Morgan fingerprint density at radius 2 is 1.79 bits per heavy atom. The SMILES string of the molecule is COc1ccc(N(C(C)C(=O)NCc2ccccc2Cl)S(C)(=O)=O)cc1OC. The average Bonchev–Trinajstić information content (AvgIpc) is 2.65.